The van der Waals surface area contributed by atoms with E-state index < -0.39 is 6.29 Å². The van der Waals surface area contributed by atoms with E-state index in [1.165, 1.54) is 0 Å². The van der Waals surface area contributed by atoms with Crippen LogP contribution < -0.4 is 15.2 Å². The molecule has 7 nitrogen and oxygen atoms in total. The monoisotopic (exact) mass is 461 g/mol. The Morgan fingerprint density at radius 2 is 1.79 bits per heavy atom. The van der Waals surface area contributed by atoms with Gasteiger partial charge in [0.25, 0.3) is 0 Å². The van der Waals surface area contributed by atoms with E-state index in [-0.39, 0.29) is 19.1 Å². The molecule has 0 aliphatic rings. The second-order valence-electron chi connectivity index (χ2n) is 8.57. The third-order valence-corrected chi connectivity index (χ3v) is 5.83. The van der Waals surface area contributed by atoms with Crippen LogP contribution in [0.1, 0.15) is 36.7 Å². The van der Waals surface area contributed by atoms with Crippen molar-refractivity contribution < 1.29 is 19.7 Å². The highest BCUT2D eigenvalue weighted by atomic mass is 16.5. The van der Waals surface area contributed by atoms with Gasteiger partial charge in [0, 0.05) is 30.5 Å². The zero-order valence-corrected chi connectivity index (χ0v) is 19.7. The van der Waals surface area contributed by atoms with Gasteiger partial charge in [-0.3, -0.25) is 4.68 Å². The van der Waals surface area contributed by atoms with Crippen LogP contribution in [0.15, 0.2) is 60.7 Å². The van der Waals surface area contributed by atoms with Crippen molar-refractivity contribution in [3.63, 3.8) is 0 Å². The summed E-state index contributed by atoms with van der Waals surface area (Å²) in [7, 11) is 1.59. The number of aliphatic hydroxyl groups is 2. The Kier molecular flexibility index (Phi) is 7.17. The van der Waals surface area contributed by atoms with Crippen molar-refractivity contribution in [3.8, 4) is 22.6 Å². The molecule has 0 unspecified atom stereocenters. The smallest absolute Gasteiger partial charge is 0.155 e. The highest BCUT2D eigenvalue weighted by Crippen LogP contribution is 2.31. The Hall–Kier alpha value is -3.39. The summed E-state index contributed by atoms with van der Waals surface area (Å²) < 4.78 is 13.5. The molecule has 1 heterocycles. The molecule has 3 aromatic carbocycles. The lowest BCUT2D eigenvalue weighted by molar-refractivity contribution is -0.0385. The number of hydrogen-bond acceptors (Lipinski definition) is 6. The summed E-state index contributed by atoms with van der Waals surface area (Å²) in [5, 5.41) is 24.8. The molecule has 4 aromatic rings. The van der Waals surface area contributed by atoms with Crippen LogP contribution >= 0.6 is 0 Å². The summed E-state index contributed by atoms with van der Waals surface area (Å²) in [5.74, 6) is 1.18. The molecule has 0 amide bonds. The Balaban J connectivity index is 1.73. The molecule has 0 atom stereocenters. The standard InChI is InChI=1S/C27H31N3O4/c1-17(2)30-25(16-34-26-14-22(33-3)9-7-21(26)13-27(31)32)23-12-20(8-10-24(23)29-30)19-6-4-5-18(11-19)15-28/h4-12,14,17,27,31-32H,13,15-16,28H2,1-3H3. The lowest BCUT2D eigenvalue weighted by atomic mass is 10.0. The molecular formula is C27H31N3O4. The lowest BCUT2D eigenvalue weighted by Gasteiger charge is -2.16. The fraction of sp³-hybridized carbons (Fsp3) is 0.296. The molecule has 178 valence electrons. The number of benzene rings is 3. The van der Waals surface area contributed by atoms with Gasteiger partial charge in [-0.05, 0) is 60.4 Å². The largest absolute Gasteiger partial charge is 0.497 e. The summed E-state index contributed by atoms with van der Waals surface area (Å²) in [5.41, 5.74) is 11.6. The summed E-state index contributed by atoms with van der Waals surface area (Å²) in [6.45, 7) is 4.93. The molecule has 4 rings (SSSR count). The van der Waals surface area contributed by atoms with Crippen molar-refractivity contribution in [1.82, 2.24) is 9.78 Å². The maximum absolute atomic E-state index is 9.49. The molecule has 0 saturated carbocycles. The van der Waals surface area contributed by atoms with E-state index in [2.05, 4.69) is 38.1 Å². The number of rotatable bonds is 9. The van der Waals surface area contributed by atoms with Gasteiger partial charge < -0.3 is 25.4 Å². The Morgan fingerprint density at radius 1 is 1.00 bits per heavy atom. The fourth-order valence-electron chi connectivity index (χ4n) is 4.09. The van der Waals surface area contributed by atoms with Crippen molar-refractivity contribution in [1.29, 1.82) is 0 Å². The van der Waals surface area contributed by atoms with Crippen molar-refractivity contribution in [3.05, 3.63) is 77.5 Å². The summed E-state index contributed by atoms with van der Waals surface area (Å²) in [6, 6.07) is 19.9. The van der Waals surface area contributed by atoms with Gasteiger partial charge in [0.05, 0.1) is 18.3 Å². The van der Waals surface area contributed by atoms with E-state index in [0.29, 0.717) is 23.6 Å². The van der Waals surface area contributed by atoms with E-state index in [0.717, 1.165) is 33.3 Å². The van der Waals surface area contributed by atoms with Crippen LogP contribution in [-0.4, -0.2) is 33.4 Å². The predicted octanol–water partition coefficient (Wildman–Crippen LogP) is 4.18. The van der Waals surface area contributed by atoms with E-state index in [1.807, 2.05) is 22.9 Å². The number of aromatic nitrogens is 2. The van der Waals surface area contributed by atoms with Crippen LogP contribution in [0.2, 0.25) is 0 Å². The van der Waals surface area contributed by atoms with Gasteiger partial charge in [-0.15, -0.1) is 0 Å². The Labute approximate surface area is 199 Å². The third-order valence-electron chi connectivity index (χ3n) is 5.83. The maximum Gasteiger partial charge on any atom is 0.155 e. The summed E-state index contributed by atoms with van der Waals surface area (Å²) >= 11 is 0. The number of methoxy groups -OCH3 is 1. The molecule has 1 aromatic heterocycles. The van der Waals surface area contributed by atoms with Crippen molar-refractivity contribution in [2.24, 2.45) is 5.73 Å². The van der Waals surface area contributed by atoms with Crippen molar-refractivity contribution >= 4 is 10.9 Å². The minimum atomic E-state index is -1.47. The molecule has 0 saturated heterocycles. The highest BCUT2D eigenvalue weighted by molar-refractivity contribution is 5.87. The van der Waals surface area contributed by atoms with Gasteiger partial charge in [0.15, 0.2) is 6.29 Å². The first-order valence-corrected chi connectivity index (χ1v) is 11.4. The molecule has 0 bridgehead atoms. The van der Waals surface area contributed by atoms with Crippen LogP contribution in [0.3, 0.4) is 0 Å². The van der Waals surface area contributed by atoms with E-state index in [4.69, 9.17) is 20.3 Å². The van der Waals surface area contributed by atoms with Crippen LogP contribution in [0.5, 0.6) is 11.5 Å². The quantitative estimate of drug-likeness (QED) is 0.323. The van der Waals surface area contributed by atoms with Crippen LogP contribution in [0.4, 0.5) is 0 Å². The molecule has 4 N–H and O–H groups in total. The average Bonchev–Trinajstić information content (AvgIpc) is 3.21. The minimum absolute atomic E-state index is 0.0607. The molecule has 0 spiro atoms. The van der Waals surface area contributed by atoms with E-state index in [1.54, 1.807) is 25.3 Å². The van der Waals surface area contributed by atoms with Crippen molar-refractivity contribution in [2.75, 3.05) is 7.11 Å². The van der Waals surface area contributed by atoms with Gasteiger partial charge in [0.1, 0.15) is 18.1 Å². The number of nitrogens with zero attached hydrogens (tertiary/aromatic N) is 2. The van der Waals surface area contributed by atoms with Crippen LogP contribution in [-0.2, 0) is 19.6 Å². The minimum Gasteiger partial charge on any atom is -0.497 e. The second kappa shape index (κ2) is 10.3. The van der Waals surface area contributed by atoms with Gasteiger partial charge in [-0.1, -0.05) is 30.3 Å². The number of nitrogens with two attached hydrogens (primary N) is 1. The van der Waals surface area contributed by atoms with Crippen LogP contribution in [0.25, 0.3) is 22.0 Å². The third kappa shape index (κ3) is 5.07. The number of fused-ring (bicyclic) bond motifs is 1. The SMILES string of the molecule is COc1ccc(CC(O)O)c(OCc2c3cc(-c4cccc(CN)c4)ccc3nn2C(C)C)c1. The average molecular weight is 462 g/mol. The molecule has 34 heavy (non-hydrogen) atoms. The Bertz CT molecular complexity index is 1280. The van der Waals surface area contributed by atoms with E-state index in [9.17, 15) is 10.2 Å². The highest BCUT2D eigenvalue weighted by Gasteiger charge is 2.17. The first-order valence-electron chi connectivity index (χ1n) is 11.4. The molecular weight excluding hydrogens is 430 g/mol. The first-order chi connectivity index (χ1) is 16.4. The topological polar surface area (TPSA) is 103 Å². The van der Waals surface area contributed by atoms with Gasteiger partial charge in [-0.2, -0.15) is 5.10 Å². The molecule has 0 aliphatic heterocycles. The number of aliphatic hydroxyl groups excluding tert-OH is 1. The second-order valence-corrected chi connectivity index (χ2v) is 8.57. The molecule has 0 fully saturated rings. The maximum atomic E-state index is 9.49. The van der Waals surface area contributed by atoms with Crippen molar-refractivity contribution in [2.45, 2.75) is 45.8 Å². The van der Waals surface area contributed by atoms with Gasteiger partial charge >= 0.3 is 0 Å². The Morgan fingerprint density at radius 3 is 2.50 bits per heavy atom. The van der Waals surface area contributed by atoms with E-state index >= 15 is 0 Å². The molecule has 0 aliphatic carbocycles. The molecule has 0 radical (unpaired) electrons. The van der Waals surface area contributed by atoms with Crippen LogP contribution in [0, 0.1) is 0 Å². The molecule has 7 heteroatoms. The summed E-state index contributed by atoms with van der Waals surface area (Å²) in [6.07, 6.45) is -1.41. The zero-order valence-electron chi connectivity index (χ0n) is 19.7. The summed E-state index contributed by atoms with van der Waals surface area (Å²) in [4.78, 5) is 0. The zero-order chi connectivity index (χ0) is 24.2. The first kappa shape index (κ1) is 23.8. The van der Waals surface area contributed by atoms with Gasteiger partial charge in [0.2, 0.25) is 0 Å². The number of ether oxygens (including phenoxy) is 2. The fourth-order valence-corrected chi connectivity index (χ4v) is 4.09. The normalized spacial score (nSPS) is 11.5. The lowest BCUT2D eigenvalue weighted by Crippen LogP contribution is -2.12. The van der Waals surface area contributed by atoms with Gasteiger partial charge in [-0.25, -0.2) is 0 Å². The predicted molar refractivity (Wildman–Crippen MR) is 133 cm³/mol. The number of hydrogen-bond donors (Lipinski definition) is 3.